The van der Waals surface area contributed by atoms with Crippen molar-refractivity contribution in [1.82, 2.24) is 14.9 Å². The monoisotopic (exact) mass is 385 g/mol. The first kappa shape index (κ1) is 18.0. The molecule has 1 fully saturated rings. The predicted molar refractivity (Wildman–Crippen MR) is 104 cm³/mol. The van der Waals surface area contributed by atoms with Gasteiger partial charge in [-0.2, -0.15) is 0 Å². The van der Waals surface area contributed by atoms with Gasteiger partial charge in [-0.3, -0.25) is 4.90 Å². The minimum atomic E-state index is 0.371. The van der Waals surface area contributed by atoms with E-state index in [0.29, 0.717) is 23.4 Å². The first-order valence-electron chi connectivity index (χ1n) is 9.02. The highest BCUT2D eigenvalue weighted by Gasteiger charge is 2.29. The third kappa shape index (κ3) is 3.44. The quantitative estimate of drug-likeness (QED) is 0.624. The van der Waals surface area contributed by atoms with E-state index >= 15 is 0 Å². The molecule has 142 valence electrons. The third-order valence-corrected chi connectivity index (χ3v) is 5.86. The van der Waals surface area contributed by atoms with Crippen LogP contribution in [-0.4, -0.2) is 35.6 Å². The second kappa shape index (κ2) is 7.70. The molecule has 0 saturated carbocycles. The zero-order chi connectivity index (χ0) is 18.8. The van der Waals surface area contributed by atoms with Crippen LogP contribution in [0.2, 0.25) is 0 Å². The number of methoxy groups -OCH3 is 2. The van der Waals surface area contributed by atoms with E-state index in [4.69, 9.17) is 18.9 Å². The molecule has 0 bridgehead atoms. The third-order valence-electron chi connectivity index (χ3n) is 4.98. The van der Waals surface area contributed by atoms with Gasteiger partial charge in [0.25, 0.3) is 0 Å². The molecule has 3 heterocycles. The van der Waals surface area contributed by atoms with Crippen molar-refractivity contribution in [1.29, 1.82) is 0 Å². The number of hydrogen-bond donors (Lipinski definition) is 0. The first-order valence-corrected chi connectivity index (χ1v) is 9.90. The minimum Gasteiger partial charge on any atom is -0.493 e. The fraction of sp³-hybridized carbons (Fsp3) is 0.400. The predicted octanol–water partition coefficient (Wildman–Crippen LogP) is 4.46. The molecular weight excluding hydrogens is 362 g/mol. The summed E-state index contributed by atoms with van der Waals surface area (Å²) >= 11 is 1.72. The summed E-state index contributed by atoms with van der Waals surface area (Å²) < 4.78 is 16.9. The van der Waals surface area contributed by atoms with Gasteiger partial charge >= 0.3 is 0 Å². The van der Waals surface area contributed by atoms with Gasteiger partial charge in [-0.1, -0.05) is 6.07 Å². The maximum Gasteiger partial charge on any atom is 0.230 e. The maximum atomic E-state index is 5.99. The molecule has 1 aromatic carbocycles. The molecule has 0 spiro atoms. The lowest BCUT2D eigenvalue weighted by Gasteiger charge is -2.21. The molecule has 7 heteroatoms. The summed E-state index contributed by atoms with van der Waals surface area (Å²) in [5, 5.41) is 3.23. The van der Waals surface area contributed by atoms with Crippen molar-refractivity contribution in [2.75, 3.05) is 20.8 Å². The molecule has 4 rings (SSSR count). The van der Waals surface area contributed by atoms with Crippen LogP contribution in [-0.2, 0) is 6.54 Å². The molecule has 0 unspecified atom stereocenters. The Morgan fingerprint density at radius 2 is 2.19 bits per heavy atom. The lowest BCUT2D eigenvalue weighted by Crippen LogP contribution is -2.23. The molecule has 0 radical (unpaired) electrons. The molecule has 6 nitrogen and oxygen atoms in total. The number of oxazole rings is 1. The number of ether oxygens (including phenoxy) is 2. The highest BCUT2D eigenvalue weighted by Crippen LogP contribution is 2.39. The van der Waals surface area contributed by atoms with Gasteiger partial charge in [-0.15, -0.1) is 11.3 Å². The SMILES string of the molecule is COc1cccc(-c2nc(CN3CCC[C@@H]3c3nccs3)c(C)o2)c1OC. The summed E-state index contributed by atoms with van der Waals surface area (Å²) in [7, 11) is 3.25. The molecule has 1 atom stereocenters. The Morgan fingerprint density at radius 1 is 1.30 bits per heavy atom. The first-order chi connectivity index (χ1) is 13.2. The van der Waals surface area contributed by atoms with Crippen LogP contribution in [0, 0.1) is 6.92 Å². The fourth-order valence-corrected chi connectivity index (χ4v) is 4.44. The number of para-hydroxylation sites is 1. The van der Waals surface area contributed by atoms with Gasteiger partial charge in [-0.25, -0.2) is 9.97 Å². The van der Waals surface area contributed by atoms with E-state index in [0.717, 1.165) is 36.5 Å². The zero-order valence-electron chi connectivity index (χ0n) is 15.8. The summed E-state index contributed by atoms with van der Waals surface area (Å²) in [5.74, 6) is 2.69. The smallest absolute Gasteiger partial charge is 0.230 e. The van der Waals surface area contributed by atoms with E-state index in [1.165, 1.54) is 11.4 Å². The minimum absolute atomic E-state index is 0.371. The number of aryl methyl sites for hydroxylation is 1. The number of thiazole rings is 1. The summed E-state index contributed by atoms with van der Waals surface area (Å²) in [6.07, 6.45) is 4.20. The molecule has 0 amide bonds. The average molecular weight is 385 g/mol. The number of rotatable bonds is 6. The number of nitrogens with zero attached hydrogens (tertiary/aromatic N) is 3. The highest BCUT2D eigenvalue weighted by atomic mass is 32.1. The number of aromatic nitrogens is 2. The molecule has 2 aromatic heterocycles. The van der Waals surface area contributed by atoms with Crippen LogP contribution in [0.3, 0.4) is 0 Å². The van der Waals surface area contributed by atoms with Crippen LogP contribution in [0.1, 0.15) is 35.3 Å². The van der Waals surface area contributed by atoms with Gasteiger partial charge in [0, 0.05) is 18.1 Å². The Bertz CT molecular complexity index is 907. The number of likely N-dealkylation sites (tertiary alicyclic amines) is 1. The van der Waals surface area contributed by atoms with Crippen LogP contribution in [0.5, 0.6) is 11.5 Å². The van der Waals surface area contributed by atoms with Crippen molar-refractivity contribution < 1.29 is 13.9 Å². The average Bonchev–Trinajstić information content (AvgIpc) is 3.43. The Morgan fingerprint density at radius 3 is 2.93 bits per heavy atom. The number of hydrogen-bond acceptors (Lipinski definition) is 7. The number of benzene rings is 1. The van der Waals surface area contributed by atoms with Crippen molar-refractivity contribution in [3.05, 3.63) is 46.2 Å². The molecule has 3 aromatic rings. The molecule has 0 aliphatic carbocycles. The topological polar surface area (TPSA) is 60.6 Å². The summed E-state index contributed by atoms with van der Waals surface area (Å²) in [4.78, 5) is 11.7. The molecule has 1 aliphatic heterocycles. The van der Waals surface area contributed by atoms with Crippen molar-refractivity contribution in [2.24, 2.45) is 0 Å². The van der Waals surface area contributed by atoms with Crippen molar-refractivity contribution in [2.45, 2.75) is 32.4 Å². The molecule has 0 N–H and O–H groups in total. The van der Waals surface area contributed by atoms with Gasteiger partial charge in [-0.05, 0) is 38.4 Å². The van der Waals surface area contributed by atoms with E-state index in [1.54, 1.807) is 25.6 Å². The van der Waals surface area contributed by atoms with E-state index in [2.05, 4.69) is 9.88 Å². The van der Waals surface area contributed by atoms with Crippen LogP contribution in [0.15, 0.2) is 34.2 Å². The normalized spacial score (nSPS) is 17.4. The van der Waals surface area contributed by atoms with Gasteiger partial charge in [0.1, 0.15) is 10.8 Å². The van der Waals surface area contributed by atoms with Crippen molar-refractivity contribution in [3.63, 3.8) is 0 Å². The molecule has 1 aliphatic rings. The van der Waals surface area contributed by atoms with E-state index < -0.39 is 0 Å². The summed E-state index contributed by atoms with van der Waals surface area (Å²) in [6, 6.07) is 6.08. The summed E-state index contributed by atoms with van der Waals surface area (Å²) in [5.41, 5.74) is 1.75. The standard InChI is InChI=1S/C20H23N3O3S/c1-13-15(12-23-10-5-7-16(23)20-21-9-11-27-20)22-19(26-13)14-6-4-8-17(24-2)18(14)25-3/h4,6,8-9,11,16H,5,7,10,12H2,1-3H3/t16-/m1/s1. The van der Waals surface area contributed by atoms with Gasteiger partial charge < -0.3 is 13.9 Å². The van der Waals surface area contributed by atoms with Crippen molar-refractivity contribution in [3.8, 4) is 23.0 Å². The Labute approximate surface area is 162 Å². The zero-order valence-corrected chi connectivity index (χ0v) is 16.6. The summed E-state index contributed by atoms with van der Waals surface area (Å²) in [6.45, 7) is 3.77. The lowest BCUT2D eigenvalue weighted by atomic mass is 10.2. The van der Waals surface area contributed by atoms with Crippen LogP contribution < -0.4 is 9.47 Å². The highest BCUT2D eigenvalue weighted by molar-refractivity contribution is 7.09. The largest absolute Gasteiger partial charge is 0.493 e. The van der Waals surface area contributed by atoms with Crippen LogP contribution in [0.4, 0.5) is 0 Å². The second-order valence-corrected chi connectivity index (χ2v) is 7.49. The van der Waals surface area contributed by atoms with Gasteiger partial charge in [0.05, 0.1) is 31.5 Å². The molecule has 1 saturated heterocycles. The van der Waals surface area contributed by atoms with Gasteiger partial charge in [0.2, 0.25) is 5.89 Å². The van der Waals surface area contributed by atoms with Gasteiger partial charge in [0.15, 0.2) is 11.5 Å². The van der Waals surface area contributed by atoms with Crippen LogP contribution in [0.25, 0.3) is 11.5 Å². The Kier molecular flexibility index (Phi) is 5.13. The van der Waals surface area contributed by atoms with Crippen molar-refractivity contribution >= 4 is 11.3 Å². The lowest BCUT2D eigenvalue weighted by molar-refractivity contribution is 0.244. The molecule has 27 heavy (non-hydrogen) atoms. The van der Waals surface area contributed by atoms with E-state index in [9.17, 15) is 0 Å². The van der Waals surface area contributed by atoms with E-state index in [-0.39, 0.29) is 0 Å². The van der Waals surface area contributed by atoms with Crippen LogP contribution >= 0.6 is 11.3 Å². The fourth-order valence-electron chi connectivity index (χ4n) is 3.63. The Hall–Kier alpha value is -2.38. The maximum absolute atomic E-state index is 5.99. The second-order valence-electron chi connectivity index (χ2n) is 6.56. The van der Waals surface area contributed by atoms with E-state index in [1.807, 2.05) is 36.7 Å². The Balaban J connectivity index is 1.61. The molecular formula is C20H23N3O3S.